The molecule has 1 heterocycles. The van der Waals surface area contributed by atoms with Crippen molar-refractivity contribution in [2.24, 2.45) is 0 Å². The Kier molecular flexibility index (Phi) is 6.53. The normalized spacial score (nSPS) is 17.0. The van der Waals surface area contributed by atoms with E-state index in [2.05, 4.69) is 0 Å². The van der Waals surface area contributed by atoms with E-state index in [-0.39, 0.29) is 18.4 Å². The molecule has 1 saturated heterocycles. The van der Waals surface area contributed by atoms with Crippen molar-refractivity contribution in [2.75, 3.05) is 33.9 Å². The van der Waals surface area contributed by atoms with Crippen molar-refractivity contribution in [3.8, 4) is 11.5 Å². The van der Waals surface area contributed by atoms with Crippen molar-refractivity contribution in [3.05, 3.63) is 60.2 Å². The van der Waals surface area contributed by atoms with Crippen LogP contribution < -0.4 is 9.47 Å². The minimum Gasteiger partial charge on any atom is -0.493 e. The van der Waals surface area contributed by atoms with Crippen molar-refractivity contribution in [2.45, 2.75) is 18.9 Å². The lowest BCUT2D eigenvalue weighted by Crippen LogP contribution is -2.59. The van der Waals surface area contributed by atoms with Gasteiger partial charge in [0, 0.05) is 20.0 Å². The van der Waals surface area contributed by atoms with Crippen molar-refractivity contribution >= 4 is 11.8 Å². The van der Waals surface area contributed by atoms with Crippen LogP contribution >= 0.6 is 0 Å². The number of piperazine rings is 1. The van der Waals surface area contributed by atoms with Gasteiger partial charge in [-0.15, -0.1) is 0 Å². The van der Waals surface area contributed by atoms with E-state index in [0.29, 0.717) is 37.5 Å². The van der Waals surface area contributed by atoms with Crippen LogP contribution in [0.5, 0.6) is 11.5 Å². The molecule has 0 radical (unpaired) electrons. The smallest absolute Gasteiger partial charge is 0.245 e. The van der Waals surface area contributed by atoms with E-state index < -0.39 is 6.04 Å². The Bertz CT molecular complexity index is 809. The van der Waals surface area contributed by atoms with Gasteiger partial charge in [0.25, 0.3) is 0 Å². The number of hydrogen-bond acceptors (Lipinski definition) is 4. The molecule has 0 aliphatic carbocycles. The Morgan fingerprint density at radius 1 is 1.00 bits per heavy atom. The molecule has 6 heteroatoms. The minimum absolute atomic E-state index is 0.0194. The predicted octanol–water partition coefficient (Wildman–Crippen LogP) is 2.38. The van der Waals surface area contributed by atoms with E-state index in [1.165, 1.54) is 4.90 Å². The van der Waals surface area contributed by atoms with Crippen LogP contribution in [-0.2, 0) is 16.0 Å². The third-order valence-corrected chi connectivity index (χ3v) is 4.87. The first-order valence-corrected chi connectivity index (χ1v) is 9.44. The second kappa shape index (κ2) is 9.26. The summed E-state index contributed by atoms with van der Waals surface area (Å²) in [5.74, 6) is 1.30. The lowest BCUT2D eigenvalue weighted by molar-refractivity contribution is -0.154. The fourth-order valence-electron chi connectivity index (χ4n) is 3.40. The first-order chi connectivity index (χ1) is 13.6. The first kappa shape index (κ1) is 19.7. The summed E-state index contributed by atoms with van der Waals surface area (Å²) in [6, 6.07) is 16.8. The summed E-state index contributed by atoms with van der Waals surface area (Å²) in [5, 5.41) is 0. The molecular formula is C22H26N2O4. The molecule has 0 aromatic heterocycles. The molecule has 0 spiro atoms. The van der Waals surface area contributed by atoms with Crippen molar-refractivity contribution in [1.29, 1.82) is 0 Å². The van der Waals surface area contributed by atoms with Crippen LogP contribution in [0.1, 0.15) is 12.0 Å². The zero-order valence-corrected chi connectivity index (χ0v) is 16.3. The lowest BCUT2D eigenvalue weighted by atomic mass is 10.0. The molecule has 0 N–H and O–H groups in total. The summed E-state index contributed by atoms with van der Waals surface area (Å²) in [4.78, 5) is 28.5. The Morgan fingerprint density at radius 2 is 1.68 bits per heavy atom. The highest BCUT2D eigenvalue weighted by molar-refractivity contribution is 5.94. The summed E-state index contributed by atoms with van der Waals surface area (Å²) in [6.45, 7) is 1.04. The van der Waals surface area contributed by atoms with Crippen LogP contribution in [0.3, 0.4) is 0 Å². The standard InChI is InChI=1S/C22H26N2O4/c1-23-16-21(25)24(18(22(23)26)15-17-9-4-3-5-10-17)13-8-14-28-20-12-7-6-11-19(20)27-2/h3-7,9-12,18H,8,13-16H2,1-2H3/t18-/m0/s1. The number of ether oxygens (including phenoxy) is 2. The maximum absolute atomic E-state index is 12.7. The monoisotopic (exact) mass is 382 g/mol. The van der Waals surface area contributed by atoms with Crippen molar-refractivity contribution < 1.29 is 19.1 Å². The molecule has 1 aliphatic heterocycles. The van der Waals surface area contributed by atoms with Gasteiger partial charge in [-0.3, -0.25) is 9.59 Å². The number of likely N-dealkylation sites (N-methyl/N-ethyl adjacent to an activating group) is 1. The molecule has 0 unspecified atom stereocenters. The molecule has 3 rings (SSSR count). The molecule has 0 saturated carbocycles. The van der Waals surface area contributed by atoms with E-state index in [1.807, 2.05) is 54.6 Å². The fraction of sp³-hybridized carbons (Fsp3) is 0.364. The summed E-state index contributed by atoms with van der Waals surface area (Å²) >= 11 is 0. The molecule has 2 aromatic rings. The third kappa shape index (κ3) is 4.63. The first-order valence-electron chi connectivity index (χ1n) is 9.44. The molecule has 1 aliphatic rings. The Balaban J connectivity index is 1.62. The van der Waals surface area contributed by atoms with Gasteiger partial charge in [0.15, 0.2) is 11.5 Å². The van der Waals surface area contributed by atoms with Gasteiger partial charge in [-0.2, -0.15) is 0 Å². The quantitative estimate of drug-likeness (QED) is 0.658. The number of para-hydroxylation sites is 2. The number of rotatable bonds is 8. The average molecular weight is 382 g/mol. The topological polar surface area (TPSA) is 59.1 Å². The molecule has 1 atom stereocenters. The van der Waals surface area contributed by atoms with Crippen LogP contribution in [0.2, 0.25) is 0 Å². The van der Waals surface area contributed by atoms with Crippen LogP contribution in [0, 0.1) is 0 Å². The number of methoxy groups -OCH3 is 1. The van der Waals surface area contributed by atoms with Gasteiger partial charge in [0.2, 0.25) is 11.8 Å². The number of benzene rings is 2. The number of carbonyl (C=O) groups excluding carboxylic acids is 2. The summed E-state index contributed by atoms with van der Waals surface area (Å²) in [5.41, 5.74) is 1.04. The lowest BCUT2D eigenvalue weighted by Gasteiger charge is -2.39. The van der Waals surface area contributed by atoms with E-state index >= 15 is 0 Å². The Morgan fingerprint density at radius 3 is 2.39 bits per heavy atom. The number of carbonyl (C=O) groups is 2. The van der Waals surface area contributed by atoms with Gasteiger partial charge < -0.3 is 19.3 Å². The number of nitrogens with zero attached hydrogens (tertiary/aromatic N) is 2. The van der Waals surface area contributed by atoms with Crippen LogP contribution in [-0.4, -0.2) is 61.5 Å². The molecule has 2 aromatic carbocycles. The highest BCUT2D eigenvalue weighted by atomic mass is 16.5. The molecule has 28 heavy (non-hydrogen) atoms. The Hall–Kier alpha value is -3.02. The van der Waals surface area contributed by atoms with Crippen LogP contribution in [0.4, 0.5) is 0 Å². The molecule has 148 valence electrons. The van der Waals surface area contributed by atoms with Gasteiger partial charge in [0.1, 0.15) is 6.04 Å². The maximum atomic E-state index is 12.7. The minimum atomic E-state index is -0.472. The molecule has 1 fully saturated rings. The predicted molar refractivity (Wildman–Crippen MR) is 106 cm³/mol. The highest BCUT2D eigenvalue weighted by Gasteiger charge is 2.37. The summed E-state index contributed by atoms with van der Waals surface area (Å²) in [6.07, 6.45) is 1.15. The number of amides is 2. The SMILES string of the molecule is COc1ccccc1OCCCN1C(=O)CN(C)C(=O)[C@@H]1Cc1ccccc1. The third-order valence-electron chi connectivity index (χ3n) is 4.87. The number of hydrogen-bond donors (Lipinski definition) is 0. The second-order valence-electron chi connectivity index (χ2n) is 6.84. The summed E-state index contributed by atoms with van der Waals surface area (Å²) in [7, 11) is 3.28. The van der Waals surface area contributed by atoms with E-state index in [0.717, 1.165) is 5.56 Å². The highest BCUT2D eigenvalue weighted by Crippen LogP contribution is 2.26. The zero-order chi connectivity index (χ0) is 19.9. The molecule has 2 amide bonds. The Labute approximate surface area is 165 Å². The van der Waals surface area contributed by atoms with Gasteiger partial charge in [0.05, 0.1) is 20.3 Å². The van der Waals surface area contributed by atoms with Crippen LogP contribution in [0.15, 0.2) is 54.6 Å². The molecule has 0 bridgehead atoms. The van der Waals surface area contributed by atoms with Gasteiger partial charge in [-0.1, -0.05) is 42.5 Å². The molecule has 6 nitrogen and oxygen atoms in total. The average Bonchev–Trinajstić information content (AvgIpc) is 2.72. The van der Waals surface area contributed by atoms with Gasteiger partial charge in [-0.05, 0) is 24.1 Å². The zero-order valence-electron chi connectivity index (χ0n) is 16.3. The van der Waals surface area contributed by atoms with Crippen molar-refractivity contribution in [1.82, 2.24) is 9.80 Å². The maximum Gasteiger partial charge on any atom is 0.245 e. The van der Waals surface area contributed by atoms with Crippen molar-refractivity contribution in [3.63, 3.8) is 0 Å². The van der Waals surface area contributed by atoms with E-state index in [1.54, 1.807) is 19.1 Å². The summed E-state index contributed by atoms with van der Waals surface area (Å²) < 4.78 is 11.1. The van der Waals surface area contributed by atoms with Gasteiger partial charge >= 0.3 is 0 Å². The molecular weight excluding hydrogens is 356 g/mol. The van der Waals surface area contributed by atoms with Gasteiger partial charge in [-0.25, -0.2) is 0 Å². The second-order valence-corrected chi connectivity index (χ2v) is 6.84. The largest absolute Gasteiger partial charge is 0.493 e. The van der Waals surface area contributed by atoms with E-state index in [4.69, 9.17) is 9.47 Å². The van der Waals surface area contributed by atoms with E-state index in [9.17, 15) is 9.59 Å². The fourth-order valence-corrected chi connectivity index (χ4v) is 3.40. The van der Waals surface area contributed by atoms with Crippen LogP contribution in [0.25, 0.3) is 0 Å².